The lowest BCUT2D eigenvalue weighted by Crippen LogP contribution is -2.02. The van der Waals surface area contributed by atoms with Crippen LogP contribution in [0, 0.1) is 0 Å². The summed E-state index contributed by atoms with van der Waals surface area (Å²) in [5.74, 6) is 2.00. The van der Waals surface area contributed by atoms with Gasteiger partial charge in [0.25, 0.3) is 0 Å². The van der Waals surface area contributed by atoms with Crippen molar-refractivity contribution >= 4 is 0 Å². The molecule has 0 aliphatic heterocycles. The van der Waals surface area contributed by atoms with Crippen LogP contribution in [0.25, 0.3) is 11.6 Å². The zero-order valence-electron chi connectivity index (χ0n) is 9.18. The van der Waals surface area contributed by atoms with E-state index in [4.69, 9.17) is 10.3 Å². The van der Waals surface area contributed by atoms with Crippen molar-refractivity contribution < 1.29 is 4.52 Å². The van der Waals surface area contributed by atoms with E-state index < -0.39 is 0 Å². The van der Waals surface area contributed by atoms with Gasteiger partial charge in [0.2, 0.25) is 11.7 Å². The molecule has 0 aliphatic carbocycles. The van der Waals surface area contributed by atoms with Crippen molar-refractivity contribution in [3.63, 3.8) is 0 Å². The molecule has 0 saturated heterocycles. The second kappa shape index (κ2) is 4.89. The van der Waals surface area contributed by atoms with Gasteiger partial charge in [0.1, 0.15) is 0 Å². The van der Waals surface area contributed by atoms with E-state index in [1.807, 2.05) is 0 Å². The molecule has 2 rings (SSSR count). The Morgan fingerprint density at radius 2 is 2.44 bits per heavy atom. The molecule has 0 spiro atoms. The van der Waals surface area contributed by atoms with Gasteiger partial charge in [-0.05, 0) is 19.4 Å². The minimum Gasteiger partial charge on any atom is -0.342 e. The Hall–Kier alpha value is -1.69. The maximum atomic E-state index is 5.46. The summed E-state index contributed by atoms with van der Waals surface area (Å²) in [5, 5.41) is 3.88. The molecule has 3 N–H and O–H groups in total. The first-order valence-electron chi connectivity index (χ1n) is 5.34. The first-order chi connectivity index (χ1) is 7.81. The van der Waals surface area contributed by atoms with Crippen LogP contribution in [0.5, 0.6) is 0 Å². The molecule has 0 bridgehead atoms. The van der Waals surface area contributed by atoms with Gasteiger partial charge in [-0.25, -0.2) is 4.98 Å². The maximum Gasteiger partial charge on any atom is 0.238 e. The van der Waals surface area contributed by atoms with Crippen LogP contribution in [0.2, 0.25) is 0 Å². The molecule has 6 heteroatoms. The summed E-state index contributed by atoms with van der Waals surface area (Å²) in [6.45, 7) is 2.73. The van der Waals surface area contributed by atoms with E-state index >= 15 is 0 Å². The largest absolute Gasteiger partial charge is 0.342 e. The molecule has 0 radical (unpaired) electrons. The molecule has 2 heterocycles. The molecule has 2 aromatic heterocycles. The van der Waals surface area contributed by atoms with E-state index in [1.165, 1.54) is 0 Å². The molecule has 6 nitrogen and oxygen atoms in total. The van der Waals surface area contributed by atoms with E-state index in [0.29, 0.717) is 24.1 Å². The fourth-order valence-electron chi connectivity index (χ4n) is 1.47. The molecule has 16 heavy (non-hydrogen) atoms. The first kappa shape index (κ1) is 10.8. The minimum atomic E-state index is 0.236. The second-order valence-electron chi connectivity index (χ2n) is 3.73. The van der Waals surface area contributed by atoms with Crippen LogP contribution in [0.1, 0.15) is 31.6 Å². The summed E-state index contributed by atoms with van der Waals surface area (Å²) in [6.07, 6.45) is 5.29. The van der Waals surface area contributed by atoms with Gasteiger partial charge in [-0.2, -0.15) is 4.98 Å². The highest BCUT2D eigenvalue weighted by Crippen LogP contribution is 2.20. The van der Waals surface area contributed by atoms with Crippen molar-refractivity contribution in [3.05, 3.63) is 18.3 Å². The number of aromatic nitrogens is 4. The Morgan fingerprint density at radius 1 is 1.56 bits per heavy atom. The number of H-pyrrole nitrogens is 1. The zero-order chi connectivity index (χ0) is 11.4. The summed E-state index contributed by atoms with van der Waals surface area (Å²) >= 11 is 0. The summed E-state index contributed by atoms with van der Waals surface area (Å²) in [5.41, 5.74) is 5.46. The molecule has 0 amide bonds. The van der Waals surface area contributed by atoms with Gasteiger partial charge < -0.3 is 15.2 Å². The monoisotopic (exact) mass is 221 g/mol. The smallest absolute Gasteiger partial charge is 0.238 e. The molecular formula is C10H15N5O. The minimum absolute atomic E-state index is 0.236. The lowest BCUT2D eigenvalue weighted by atomic mass is 10.1. The fourth-order valence-corrected chi connectivity index (χ4v) is 1.47. The van der Waals surface area contributed by atoms with Crippen molar-refractivity contribution in [3.8, 4) is 11.6 Å². The van der Waals surface area contributed by atoms with Crippen molar-refractivity contribution in [1.29, 1.82) is 0 Å². The van der Waals surface area contributed by atoms with Crippen molar-refractivity contribution in [2.45, 2.75) is 25.7 Å². The SMILES string of the molecule is CC(CCCN)c1nc(-c2ncc[nH]2)no1. The average molecular weight is 221 g/mol. The number of rotatable bonds is 5. The van der Waals surface area contributed by atoms with E-state index in [2.05, 4.69) is 27.0 Å². The van der Waals surface area contributed by atoms with Gasteiger partial charge in [0, 0.05) is 18.3 Å². The van der Waals surface area contributed by atoms with Crippen LogP contribution in [0.3, 0.4) is 0 Å². The number of nitrogens with one attached hydrogen (secondary N) is 1. The zero-order valence-corrected chi connectivity index (χ0v) is 9.18. The van der Waals surface area contributed by atoms with Crippen molar-refractivity contribution in [2.24, 2.45) is 5.73 Å². The number of imidazole rings is 1. The molecule has 2 aromatic rings. The molecule has 0 aromatic carbocycles. The Labute approximate surface area is 93.3 Å². The standard InChI is InChI=1S/C10H15N5O/c1-7(3-2-4-11)10-14-9(15-16-10)8-12-5-6-13-8/h5-7H,2-4,11H2,1H3,(H,12,13). The number of nitrogens with two attached hydrogens (primary N) is 1. The van der Waals surface area contributed by atoms with E-state index in [0.717, 1.165) is 12.8 Å². The summed E-state index contributed by atoms with van der Waals surface area (Å²) < 4.78 is 5.19. The van der Waals surface area contributed by atoms with Gasteiger partial charge in [0.15, 0.2) is 5.82 Å². The highest BCUT2D eigenvalue weighted by Gasteiger charge is 2.15. The molecule has 1 unspecified atom stereocenters. The third-order valence-corrected chi connectivity index (χ3v) is 2.41. The maximum absolute atomic E-state index is 5.46. The molecule has 1 atom stereocenters. The fraction of sp³-hybridized carbons (Fsp3) is 0.500. The Bertz CT molecular complexity index is 422. The Morgan fingerprint density at radius 3 is 3.12 bits per heavy atom. The number of hydrogen-bond acceptors (Lipinski definition) is 5. The van der Waals surface area contributed by atoms with E-state index in [9.17, 15) is 0 Å². The van der Waals surface area contributed by atoms with Gasteiger partial charge in [-0.15, -0.1) is 0 Å². The highest BCUT2D eigenvalue weighted by atomic mass is 16.5. The van der Waals surface area contributed by atoms with Gasteiger partial charge in [0.05, 0.1) is 0 Å². The highest BCUT2D eigenvalue weighted by molar-refractivity contribution is 5.40. The number of hydrogen-bond donors (Lipinski definition) is 2. The van der Waals surface area contributed by atoms with E-state index in [1.54, 1.807) is 12.4 Å². The summed E-state index contributed by atoms with van der Waals surface area (Å²) in [6, 6.07) is 0. The van der Waals surface area contributed by atoms with Crippen LogP contribution in [-0.4, -0.2) is 26.7 Å². The molecule has 0 saturated carbocycles. The number of nitrogens with zero attached hydrogens (tertiary/aromatic N) is 3. The quantitative estimate of drug-likeness (QED) is 0.793. The molecule has 86 valence electrons. The van der Waals surface area contributed by atoms with E-state index in [-0.39, 0.29) is 5.92 Å². The predicted molar refractivity (Wildman–Crippen MR) is 58.6 cm³/mol. The predicted octanol–water partition coefficient (Wildman–Crippen LogP) is 1.30. The van der Waals surface area contributed by atoms with Crippen LogP contribution >= 0.6 is 0 Å². The van der Waals surface area contributed by atoms with Crippen molar-refractivity contribution in [1.82, 2.24) is 20.1 Å². The lowest BCUT2D eigenvalue weighted by Gasteiger charge is -2.03. The van der Waals surface area contributed by atoms with Crippen LogP contribution < -0.4 is 5.73 Å². The number of aromatic amines is 1. The molecular weight excluding hydrogens is 206 g/mol. The summed E-state index contributed by atoms with van der Waals surface area (Å²) in [4.78, 5) is 11.3. The third-order valence-electron chi connectivity index (χ3n) is 2.41. The topological polar surface area (TPSA) is 93.6 Å². The average Bonchev–Trinajstić information content (AvgIpc) is 2.94. The molecule has 0 aliphatic rings. The Balaban J connectivity index is 2.07. The van der Waals surface area contributed by atoms with Gasteiger partial charge in [-0.3, -0.25) is 0 Å². The third kappa shape index (κ3) is 2.27. The normalized spacial score (nSPS) is 12.9. The summed E-state index contributed by atoms with van der Waals surface area (Å²) in [7, 11) is 0. The van der Waals surface area contributed by atoms with Gasteiger partial charge in [-0.1, -0.05) is 12.1 Å². The van der Waals surface area contributed by atoms with Crippen LogP contribution in [-0.2, 0) is 0 Å². The lowest BCUT2D eigenvalue weighted by molar-refractivity contribution is 0.352. The molecule has 0 fully saturated rings. The van der Waals surface area contributed by atoms with Gasteiger partial charge >= 0.3 is 0 Å². The first-order valence-corrected chi connectivity index (χ1v) is 5.34. The van der Waals surface area contributed by atoms with Crippen LogP contribution in [0.4, 0.5) is 0 Å². The second-order valence-corrected chi connectivity index (χ2v) is 3.73. The van der Waals surface area contributed by atoms with Crippen LogP contribution in [0.15, 0.2) is 16.9 Å². The Kier molecular flexibility index (Phi) is 3.31. The van der Waals surface area contributed by atoms with Crippen molar-refractivity contribution in [2.75, 3.05) is 6.54 Å².